The van der Waals surface area contributed by atoms with Gasteiger partial charge in [0.15, 0.2) is 0 Å². The van der Waals surface area contributed by atoms with E-state index in [4.69, 9.17) is 9.47 Å². The summed E-state index contributed by atoms with van der Waals surface area (Å²) in [6.45, 7) is 5.17. The van der Waals surface area contributed by atoms with Crippen LogP contribution in [-0.2, 0) is 17.7 Å². The zero-order valence-corrected chi connectivity index (χ0v) is 18.5. The predicted molar refractivity (Wildman–Crippen MR) is 122 cm³/mol. The standard InChI is InChI=1S/C26H32N2O4/c29-23(17-27-10-7-19-3-1-2-4-22(19)16-27)18-28-11-14-32-25-15-21(5-6-24(25)26(28)30)20-8-12-31-13-9-20/h1-6,15,20,23,29H,7-14,16-18H2/t23-/m1/s1. The molecule has 1 saturated heterocycles. The lowest BCUT2D eigenvalue weighted by Gasteiger charge is -2.32. The monoisotopic (exact) mass is 436 g/mol. The fourth-order valence-electron chi connectivity index (χ4n) is 5.15. The molecule has 3 aliphatic rings. The molecule has 0 radical (unpaired) electrons. The smallest absolute Gasteiger partial charge is 0.257 e. The molecule has 1 N–H and O–H groups in total. The van der Waals surface area contributed by atoms with E-state index in [2.05, 4.69) is 35.2 Å². The van der Waals surface area contributed by atoms with Gasteiger partial charge in [-0.25, -0.2) is 0 Å². The van der Waals surface area contributed by atoms with Gasteiger partial charge in [-0.3, -0.25) is 9.69 Å². The molecule has 1 fully saturated rings. The summed E-state index contributed by atoms with van der Waals surface area (Å²) in [5, 5.41) is 10.8. The Morgan fingerprint density at radius 1 is 1.00 bits per heavy atom. The normalized spacial score (nSPS) is 20.8. The first-order valence-corrected chi connectivity index (χ1v) is 11.8. The second-order valence-electron chi connectivity index (χ2n) is 9.15. The topological polar surface area (TPSA) is 62.2 Å². The second kappa shape index (κ2) is 9.61. The molecular formula is C26H32N2O4. The van der Waals surface area contributed by atoms with Crippen LogP contribution in [0.2, 0.25) is 0 Å². The van der Waals surface area contributed by atoms with Crippen LogP contribution in [0.15, 0.2) is 42.5 Å². The molecule has 6 nitrogen and oxygen atoms in total. The molecule has 3 aliphatic heterocycles. The molecule has 6 heteroatoms. The van der Waals surface area contributed by atoms with Crippen molar-refractivity contribution in [3.63, 3.8) is 0 Å². The van der Waals surface area contributed by atoms with Gasteiger partial charge in [-0.05, 0) is 54.0 Å². The van der Waals surface area contributed by atoms with E-state index >= 15 is 0 Å². The molecule has 0 unspecified atom stereocenters. The first-order valence-electron chi connectivity index (χ1n) is 11.8. The largest absolute Gasteiger partial charge is 0.491 e. The summed E-state index contributed by atoms with van der Waals surface area (Å²) in [5.41, 5.74) is 4.55. The van der Waals surface area contributed by atoms with Gasteiger partial charge in [0.05, 0.1) is 18.2 Å². The Bertz CT molecular complexity index is 957. The predicted octanol–water partition coefficient (Wildman–Crippen LogP) is 2.83. The van der Waals surface area contributed by atoms with E-state index in [9.17, 15) is 9.90 Å². The first-order chi connectivity index (χ1) is 15.7. The van der Waals surface area contributed by atoms with Crippen LogP contribution in [0, 0.1) is 0 Å². The minimum absolute atomic E-state index is 0.0564. The van der Waals surface area contributed by atoms with Crippen LogP contribution in [-0.4, -0.2) is 72.9 Å². The highest BCUT2D eigenvalue weighted by Gasteiger charge is 2.28. The number of amides is 1. The Balaban J connectivity index is 1.22. The van der Waals surface area contributed by atoms with E-state index in [0.29, 0.717) is 43.5 Å². The summed E-state index contributed by atoms with van der Waals surface area (Å²) >= 11 is 0. The van der Waals surface area contributed by atoms with Crippen molar-refractivity contribution in [3.8, 4) is 5.75 Å². The van der Waals surface area contributed by atoms with Crippen molar-refractivity contribution in [2.75, 3.05) is 46.0 Å². The number of fused-ring (bicyclic) bond motifs is 2. The lowest BCUT2D eigenvalue weighted by molar-refractivity contribution is 0.0501. The van der Waals surface area contributed by atoms with Gasteiger partial charge in [0.1, 0.15) is 12.4 Å². The van der Waals surface area contributed by atoms with Crippen LogP contribution in [0.4, 0.5) is 0 Å². The highest BCUT2D eigenvalue weighted by molar-refractivity contribution is 5.97. The van der Waals surface area contributed by atoms with Crippen molar-refractivity contribution in [3.05, 3.63) is 64.7 Å². The van der Waals surface area contributed by atoms with Gasteiger partial charge < -0.3 is 19.5 Å². The quantitative estimate of drug-likeness (QED) is 0.781. The number of hydrogen-bond donors (Lipinski definition) is 1. The lowest BCUT2D eigenvalue weighted by Crippen LogP contribution is -2.44. The molecule has 32 heavy (non-hydrogen) atoms. The first kappa shape index (κ1) is 21.4. The number of benzene rings is 2. The van der Waals surface area contributed by atoms with Gasteiger partial charge in [0.25, 0.3) is 5.91 Å². The average Bonchev–Trinajstić information content (AvgIpc) is 2.98. The third-order valence-electron chi connectivity index (χ3n) is 6.94. The molecule has 170 valence electrons. The van der Waals surface area contributed by atoms with Crippen molar-refractivity contribution < 1.29 is 19.4 Å². The van der Waals surface area contributed by atoms with Crippen LogP contribution >= 0.6 is 0 Å². The maximum atomic E-state index is 13.2. The van der Waals surface area contributed by atoms with Gasteiger partial charge in [0, 0.05) is 39.4 Å². The molecule has 0 saturated carbocycles. The third kappa shape index (κ3) is 4.68. The lowest BCUT2D eigenvalue weighted by atomic mass is 9.91. The molecule has 2 aromatic carbocycles. The van der Waals surface area contributed by atoms with Crippen molar-refractivity contribution in [2.45, 2.75) is 37.8 Å². The maximum absolute atomic E-state index is 13.2. The zero-order valence-electron chi connectivity index (χ0n) is 18.5. The summed E-state index contributed by atoms with van der Waals surface area (Å²) in [4.78, 5) is 17.2. The van der Waals surface area contributed by atoms with Crippen LogP contribution in [0.5, 0.6) is 5.75 Å². The summed E-state index contributed by atoms with van der Waals surface area (Å²) < 4.78 is 11.4. The third-order valence-corrected chi connectivity index (χ3v) is 6.94. The second-order valence-corrected chi connectivity index (χ2v) is 9.15. The number of ether oxygens (including phenoxy) is 2. The van der Waals surface area contributed by atoms with E-state index in [0.717, 1.165) is 45.6 Å². The molecule has 2 aromatic rings. The highest BCUT2D eigenvalue weighted by Crippen LogP contribution is 2.32. The van der Waals surface area contributed by atoms with Gasteiger partial charge in [0.2, 0.25) is 0 Å². The molecule has 1 atom stereocenters. The fraction of sp³-hybridized carbons (Fsp3) is 0.500. The van der Waals surface area contributed by atoms with Crippen LogP contribution in [0.1, 0.15) is 45.8 Å². The minimum Gasteiger partial charge on any atom is -0.491 e. The van der Waals surface area contributed by atoms with Crippen molar-refractivity contribution in [2.24, 2.45) is 0 Å². The number of carbonyl (C=O) groups excluding carboxylic acids is 1. The molecule has 3 heterocycles. The van der Waals surface area contributed by atoms with E-state index in [1.807, 2.05) is 12.1 Å². The molecule has 5 rings (SSSR count). The molecular weight excluding hydrogens is 404 g/mol. The average molecular weight is 437 g/mol. The van der Waals surface area contributed by atoms with Crippen molar-refractivity contribution in [1.29, 1.82) is 0 Å². The number of hydrogen-bond acceptors (Lipinski definition) is 5. The van der Waals surface area contributed by atoms with Crippen LogP contribution in [0.25, 0.3) is 0 Å². The number of carbonyl (C=O) groups is 1. The maximum Gasteiger partial charge on any atom is 0.257 e. The number of nitrogens with zero attached hydrogens (tertiary/aromatic N) is 2. The summed E-state index contributed by atoms with van der Waals surface area (Å²) in [5.74, 6) is 1.08. The van der Waals surface area contributed by atoms with Crippen LogP contribution < -0.4 is 4.74 Å². The molecule has 0 aromatic heterocycles. The summed E-state index contributed by atoms with van der Waals surface area (Å²) in [7, 11) is 0. The molecule has 0 aliphatic carbocycles. The Labute approximate surface area is 189 Å². The van der Waals surface area contributed by atoms with E-state index in [-0.39, 0.29) is 5.91 Å². The Morgan fingerprint density at radius 3 is 2.66 bits per heavy atom. The van der Waals surface area contributed by atoms with Gasteiger partial charge >= 0.3 is 0 Å². The highest BCUT2D eigenvalue weighted by atomic mass is 16.5. The SMILES string of the molecule is O=C1c2ccc(C3CCOCC3)cc2OCCN1C[C@H](O)CN1CCc2ccccc2C1. The number of aliphatic hydroxyl groups excluding tert-OH is 1. The number of rotatable bonds is 5. The molecule has 0 bridgehead atoms. The van der Waals surface area contributed by atoms with E-state index < -0.39 is 6.10 Å². The number of β-amino-alcohol motifs (C(OH)–C–C–N with tert-alkyl or cyclic N) is 1. The Hall–Kier alpha value is -2.41. The van der Waals surface area contributed by atoms with Crippen LogP contribution in [0.3, 0.4) is 0 Å². The number of aliphatic hydroxyl groups is 1. The zero-order chi connectivity index (χ0) is 21.9. The van der Waals surface area contributed by atoms with Crippen molar-refractivity contribution >= 4 is 5.91 Å². The Morgan fingerprint density at radius 2 is 1.81 bits per heavy atom. The van der Waals surface area contributed by atoms with Gasteiger partial charge in [-0.15, -0.1) is 0 Å². The molecule has 1 amide bonds. The van der Waals surface area contributed by atoms with E-state index in [1.54, 1.807) is 4.90 Å². The van der Waals surface area contributed by atoms with Crippen molar-refractivity contribution in [1.82, 2.24) is 9.80 Å². The summed E-state index contributed by atoms with van der Waals surface area (Å²) in [6, 6.07) is 14.5. The van der Waals surface area contributed by atoms with Gasteiger partial charge in [-0.1, -0.05) is 30.3 Å². The summed E-state index contributed by atoms with van der Waals surface area (Å²) in [6.07, 6.45) is 2.42. The van der Waals surface area contributed by atoms with E-state index in [1.165, 1.54) is 16.7 Å². The minimum atomic E-state index is -0.590. The fourth-order valence-corrected chi connectivity index (χ4v) is 5.15. The Kier molecular flexibility index (Phi) is 6.44. The van der Waals surface area contributed by atoms with Gasteiger partial charge in [-0.2, -0.15) is 0 Å². The molecule has 0 spiro atoms.